The first-order valence-corrected chi connectivity index (χ1v) is 4.93. The number of halogens is 1. The van der Waals surface area contributed by atoms with Gasteiger partial charge < -0.3 is 0 Å². The lowest BCUT2D eigenvalue weighted by atomic mass is 10.5. The quantitative estimate of drug-likeness (QED) is 0.697. The van der Waals surface area contributed by atoms with Gasteiger partial charge in [-0.15, -0.1) is 25.3 Å². The number of thiol groups is 2. The second-order valence-corrected chi connectivity index (χ2v) is 4.10. The van der Waals surface area contributed by atoms with E-state index in [2.05, 4.69) is 46.2 Å². The first-order valence-electron chi connectivity index (χ1n) is 3.24. The Bertz CT molecular complexity index is 438. The lowest BCUT2D eigenvalue weighted by Crippen LogP contribution is -1.83. The summed E-state index contributed by atoms with van der Waals surface area (Å²) in [6.45, 7) is 0. The summed E-state index contributed by atoms with van der Waals surface area (Å²) in [5.74, 6) is 0. The van der Waals surface area contributed by atoms with Crippen LogP contribution in [0.5, 0.6) is 0 Å². The van der Waals surface area contributed by atoms with E-state index in [1.807, 2.05) is 22.7 Å². The van der Waals surface area contributed by atoms with E-state index in [-0.39, 0.29) is 0 Å². The van der Waals surface area contributed by atoms with Crippen LogP contribution in [0, 0.1) is 0 Å². The van der Waals surface area contributed by atoms with Crippen molar-refractivity contribution in [2.75, 3.05) is 0 Å². The zero-order valence-electron chi connectivity index (χ0n) is 5.90. The maximum Gasteiger partial charge on any atom is 0.139 e. The van der Waals surface area contributed by atoms with Gasteiger partial charge in [0.1, 0.15) is 15.7 Å². The second-order valence-electron chi connectivity index (χ2n) is 2.33. The highest BCUT2D eigenvalue weighted by atomic mass is 79.9. The van der Waals surface area contributed by atoms with E-state index in [0.717, 1.165) is 15.1 Å². The fourth-order valence-electron chi connectivity index (χ4n) is 0.994. The minimum Gasteiger partial charge on any atom is -0.293 e. The van der Waals surface area contributed by atoms with Crippen LogP contribution < -0.4 is 0 Å². The molecule has 0 atom stereocenters. The molecule has 0 aliphatic carbocycles. The van der Waals surface area contributed by atoms with E-state index >= 15 is 0 Å². The lowest BCUT2D eigenvalue weighted by molar-refractivity contribution is 0.995. The molecule has 0 spiro atoms. The van der Waals surface area contributed by atoms with E-state index in [4.69, 9.17) is 0 Å². The van der Waals surface area contributed by atoms with Gasteiger partial charge >= 0.3 is 0 Å². The van der Waals surface area contributed by atoms with Gasteiger partial charge in [-0.3, -0.25) is 4.40 Å². The van der Waals surface area contributed by atoms with Gasteiger partial charge in [0.25, 0.3) is 0 Å². The van der Waals surface area contributed by atoms with Crippen molar-refractivity contribution in [2.45, 2.75) is 10.1 Å². The molecular weight excluding hydrogens is 256 g/mol. The Balaban J connectivity index is 2.88. The Morgan fingerprint density at radius 2 is 2.08 bits per heavy atom. The van der Waals surface area contributed by atoms with Gasteiger partial charge in [0.2, 0.25) is 0 Å². The van der Waals surface area contributed by atoms with Crippen molar-refractivity contribution < 1.29 is 0 Å². The first-order chi connectivity index (χ1) is 5.68. The summed E-state index contributed by atoms with van der Waals surface area (Å²) in [6, 6.07) is 3.84. The number of fused-ring (bicyclic) bond motifs is 1. The molecule has 2 aromatic heterocycles. The number of hydrogen-bond acceptors (Lipinski definition) is 3. The van der Waals surface area contributed by atoms with Gasteiger partial charge in [-0.05, 0) is 28.1 Å². The second kappa shape index (κ2) is 2.97. The summed E-state index contributed by atoms with van der Waals surface area (Å²) >= 11 is 11.8. The minimum absolute atomic E-state index is 0.649. The summed E-state index contributed by atoms with van der Waals surface area (Å²) in [5.41, 5.74) is 0.855. The number of aromatic nitrogens is 2. The fourth-order valence-corrected chi connectivity index (χ4v) is 1.75. The fraction of sp³-hybridized carbons (Fsp3) is 0. The molecule has 0 unspecified atom stereocenters. The molecule has 0 fully saturated rings. The maximum absolute atomic E-state index is 4.27. The monoisotopic (exact) mass is 260 g/mol. The first kappa shape index (κ1) is 8.47. The largest absolute Gasteiger partial charge is 0.293 e. The van der Waals surface area contributed by atoms with Crippen molar-refractivity contribution in [1.29, 1.82) is 0 Å². The molecule has 2 nitrogen and oxygen atoms in total. The van der Waals surface area contributed by atoms with Gasteiger partial charge in [-0.1, -0.05) is 0 Å². The van der Waals surface area contributed by atoms with E-state index < -0.39 is 0 Å². The number of imidazole rings is 1. The van der Waals surface area contributed by atoms with Gasteiger partial charge in [-0.2, -0.15) is 0 Å². The van der Waals surface area contributed by atoms with Gasteiger partial charge in [0.15, 0.2) is 0 Å². The van der Waals surface area contributed by atoms with Crippen LogP contribution in [-0.2, 0) is 0 Å². The van der Waals surface area contributed by atoms with Crippen LogP contribution in [0.1, 0.15) is 0 Å². The average molecular weight is 261 g/mol. The molecule has 0 aliphatic rings. The highest BCUT2D eigenvalue weighted by molar-refractivity contribution is 9.10. The molecule has 0 saturated carbocycles. The van der Waals surface area contributed by atoms with Crippen LogP contribution in [-0.4, -0.2) is 9.38 Å². The Hall–Kier alpha value is -0.130. The Kier molecular flexibility index (Phi) is 2.10. The molecule has 2 heterocycles. The van der Waals surface area contributed by atoms with Crippen LogP contribution in [0.3, 0.4) is 0 Å². The average Bonchev–Trinajstić information content (AvgIpc) is 2.31. The summed E-state index contributed by atoms with van der Waals surface area (Å²) in [4.78, 5) is 4.18. The Morgan fingerprint density at radius 1 is 1.33 bits per heavy atom. The third kappa shape index (κ3) is 1.26. The zero-order chi connectivity index (χ0) is 8.72. The molecule has 2 aromatic rings. The highest BCUT2D eigenvalue weighted by Crippen LogP contribution is 2.21. The Morgan fingerprint density at radius 3 is 2.83 bits per heavy atom. The molecule has 0 bridgehead atoms. The van der Waals surface area contributed by atoms with E-state index in [0.29, 0.717) is 5.03 Å². The van der Waals surface area contributed by atoms with Crippen molar-refractivity contribution in [1.82, 2.24) is 9.38 Å². The number of pyridine rings is 1. The molecule has 12 heavy (non-hydrogen) atoms. The topological polar surface area (TPSA) is 17.3 Å². The number of hydrogen-bond donors (Lipinski definition) is 2. The van der Waals surface area contributed by atoms with Crippen molar-refractivity contribution in [3.8, 4) is 0 Å². The Labute approximate surface area is 88.9 Å². The zero-order valence-corrected chi connectivity index (χ0v) is 9.27. The molecule has 0 amide bonds. The van der Waals surface area contributed by atoms with Crippen LogP contribution in [0.15, 0.2) is 32.9 Å². The lowest BCUT2D eigenvalue weighted by Gasteiger charge is -1.95. The standard InChI is InChI=1S/C7H5BrN2S2/c8-4-1-2-5-9-6(11)7(12)10(5)3-4/h1-3,11-12H. The van der Waals surface area contributed by atoms with Gasteiger partial charge in [-0.25, -0.2) is 4.98 Å². The maximum atomic E-state index is 4.27. The molecule has 0 aromatic carbocycles. The summed E-state index contributed by atoms with van der Waals surface area (Å²) in [6.07, 6.45) is 1.91. The van der Waals surface area contributed by atoms with Gasteiger partial charge in [0.05, 0.1) is 0 Å². The highest BCUT2D eigenvalue weighted by Gasteiger charge is 2.04. The smallest absolute Gasteiger partial charge is 0.139 e. The third-order valence-electron chi connectivity index (χ3n) is 1.54. The van der Waals surface area contributed by atoms with E-state index in [1.165, 1.54) is 0 Å². The normalized spacial score (nSPS) is 10.9. The summed E-state index contributed by atoms with van der Waals surface area (Å²) in [7, 11) is 0. The number of rotatable bonds is 0. The molecule has 0 aliphatic heterocycles. The third-order valence-corrected chi connectivity index (χ3v) is 2.92. The van der Waals surface area contributed by atoms with Crippen LogP contribution in [0.4, 0.5) is 0 Å². The van der Waals surface area contributed by atoms with Crippen molar-refractivity contribution in [3.63, 3.8) is 0 Å². The molecular formula is C7H5BrN2S2. The molecule has 62 valence electrons. The van der Waals surface area contributed by atoms with Crippen LogP contribution in [0.25, 0.3) is 5.65 Å². The van der Waals surface area contributed by atoms with Gasteiger partial charge in [0, 0.05) is 10.7 Å². The van der Waals surface area contributed by atoms with Crippen molar-refractivity contribution in [3.05, 3.63) is 22.8 Å². The molecule has 5 heteroatoms. The molecule has 2 rings (SSSR count). The van der Waals surface area contributed by atoms with E-state index in [9.17, 15) is 0 Å². The van der Waals surface area contributed by atoms with E-state index in [1.54, 1.807) is 0 Å². The number of nitrogens with zero attached hydrogens (tertiary/aromatic N) is 2. The molecule has 0 saturated heterocycles. The van der Waals surface area contributed by atoms with Crippen molar-refractivity contribution in [2.24, 2.45) is 0 Å². The molecule has 0 N–H and O–H groups in total. The SMILES string of the molecule is Sc1nc2ccc(Br)cn2c1S. The summed E-state index contributed by atoms with van der Waals surface area (Å²) < 4.78 is 2.87. The summed E-state index contributed by atoms with van der Waals surface area (Å²) in [5, 5.41) is 1.41. The van der Waals surface area contributed by atoms with Crippen molar-refractivity contribution >= 4 is 46.8 Å². The minimum atomic E-state index is 0.649. The van der Waals surface area contributed by atoms with Crippen LogP contribution >= 0.6 is 41.2 Å². The predicted octanol–water partition coefficient (Wildman–Crippen LogP) is 2.67. The van der Waals surface area contributed by atoms with Crippen LogP contribution in [0.2, 0.25) is 0 Å². The molecule has 0 radical (unpaired) electrons. The predicted molar refractivity (Wildman–Crippen MR) is 57.4 cm³/mol.